The van der Waals surface area contributed by atoms with E-state index >= 15 is 0 Å². The van der Waals surface area contributed by atoms with E-state index < -0.39 is 6.10 Å². The molecule has 2 atom stereocenters. The van der Waals surface area contributed by atoms with Crippen LogP contribution in [0, 0.1) is 5.92 Å². The molecule has 302 valence electrons. The van der Waals surface area contributed by atoms with Gasteiger partial charge in [-0.15, -0.1) is 0 Å². The van der Waals surface area contributed by atoms with Crippen molar-refractivity contribution >= 4 is 17.9 Å². The van der Waals surface area contributed by atoms with Crippen molar-refractivity contribution in [2.45, 2.75) is 252 Å². The minimum atomic E-state index is -0.757. The first kappa shape index (κ1) is 49.4. The van der Waals surface area contributed by atoms with E-state index in [0.717, 1.165) is 70.1 Å². The molecule has 0 rings (SSSR count). The van der Waals surface area contributed by atoms with Gasteiger partial charge in [-0.1, -0.05) is 207 Å². The van der Waals surface area contributed by atoms with Gasteiger partial charge in [0, 0.05) is 19.3 Å². The molecule has 0 saturated heterocycles. The van der Waals surface area contributed by atoms with Crippen LogP contribution in [0.25, 0.3) is 0 Å². The third kappa shape index (κ3) is 38.0. The molecular formula is C45H86O6. The molecule has 0 aromatic rings. The molecule has 0 spiro atoms. The summed E-state index contributed by atoms with van der Waals surface area (Å²) in [6, 6.07) is 0. The van der Waals surface area contributed by atoms with Gasteiger partial charge in [-0.2, -0.15) is 0 Å². The molecule has 0 bridgehead atoms. The van der Waals surface area contributed by atoms with E-state index in [1.165, 1.54) is 135 Å². The van der Waals surface area contributed by atoms with E-state index in [9.17, 15) is 14.4 Å². The second-order valence-electron chi connectivity index (χ2n) is 15.6. The minimum Gasteiger partial charge on any atom is -0.462 e. The Morgan fingerprint density at radius 3 is 1.02 bits per heavy atom. The highest BCUT2D eigenvalue weighted by atomic mass is 16.6. The van der Waals surface area contributed by atoms with Gasteiger partial charge in [-0.25, -0.2) is 0 Å². The van der Waals surface area contributed by atoms with E-state index in [1.807, 2.05) is 0 Å². The van der Waals surface area contributed by atoms with Gasteiger partial charge in [-0.3, -0.25) is 14.4 Å². The predicted octanol–water partition coefficient (Wildman–Crippen LogP) is 13.9. The maximum Gasteiger partial charge on any atom is 0.306 e. The first-order valence-corrected chi connectivity index (χ1v) is 22.4. The van der Waals surface area contributed by atoms with Crippen LogP contribution >= 0.6 is 0 Å². The van der Waals surface area contributed by atoms with Crippen LogP contribution in [-0.2, 0) is 28.6 Å². The monoisotopic (exact) mass is 723 g/mol. The van der Waals surface area contributed by atoms with Gasteiger partial charge >= 0.3 is 17.9 Å². The lowest BCUT2D eigenvalue weighted by atomic mass is 9.99. The van der Waals surface area contributed by atoms with Crippen LogP contribution in [0.4, 0.5) is 0 Å². The number of ether oxygens (including phenoxy) is 3. The van der Waals surface area contributed by atoms with Gasteiger partial charge < -0.3 is 14.2 Å². The average molecular weight is 723 g/mol. The molecule has 0 aliphatic carbocycles. The van der Waals surface area contributed by atoms with Crippen molar-refractivity contribution in [3.05, 3.63) is 0 Å². The zero-order valence-corrected chi connectivity index (χ0v) is 34.6. The van der Waals surface area contributed by atoms with Crippen LogP contribution in [0.2, 0.25) is 0 Å². The van der Waals surface area contributed by atoms with Crippen molar-refractivity contribution in [3.8, 4) is 0 Å². The first-order valence-electron chi connectivity index (χ1n) is 22.4. The molecule has 6 nitrogen and oxygen atoms in total. The Bertz CT molecular complexity index is 768. The summed E-state index contributed by atoms with van der Waals surface area (Å²) >= 11 is 0. The summed E-state index contributed by atoms with van der Waals surface area (Å²) < 4.78 is 16.6. The van der Waals surface area contributed by atoms with Crippen molar-refractivity contribution in [3.63, 3.8) is 0 Å². The van der Waals surface area contributed by atoms with Crippen LogP contribution < -0.4 is 0 Å². The normalized spacial score (nSPS) is 12.5. The Morgan fingerprint density at radius 1 is 0.392 bits per heavy atom. The summed E-state index contributed by atoms with van der Waals surface area (Å²) in [4.78, 5) is 37.4. The lowest BCUT2D eigenvalue weighted by molar-refractivity contribution is -0.167. The maximum absolute atomic E-state index is 12.7. The van der Waals surface area contributed by atoms with Gasteiger partial charge in [0.1, 0.15) is 13.2 Å². The summed E-state index contributed by atoms with van der Waals surface area (Å²) in [6.07, 6.45) is 38.2. The van der Waals surface area contributed by atoms with Crippen molar-refractivity contribution in [1.82, 2.24) is 0 Å². The fourth-order valence-corrected chi connectivity index (χ4v) is 6.59. The molecule has 0 aliphatic heterocycles. The van der Waals surface area contributed by atoms with Crippen LogP contribution in [0.15, 0.2) is 0 Å². The smallest absolute Gasteiger partial charge is 0.306 e. The molecule has 51 heavy (non-hydrogen) atoms. The molecular weight excluding hydrogens is 636 g/mol. The summed E-state index contributed by atoms with van der Waals surface area (Å²) in [6.45, 7) is 8.94. The molecule has 0 aromatic heterocycles. The largest absolute Gasteiger partial charge is 0.462 e. The Labute approximate surface area is 317 Å². The number of carbonyl (C=O) groups is 3. The fourth-order valence-electron chi connectivity index (χ4n) is 6.59. The Morgan fingerprint density at radius 2 is 0.686 bits per heavy atom. The quantitative estimate of drug-likeness (QED) is 0.0356. The fraction of sp³-hybridized carbons (Fsp3) is 0.933. The Balaban J connectivity index is 4.20. The Kier molecular flexibility index (Phi) is 38.4. The van der Waals surface area contributed by atoms with Crippen molar-refractivity contribution in [2.75, 3.05) is 13.2 Å². The molecule has 0 N–H and O–H groups in total. The zero-order valence-electron chi connectivity index (χ0n) is 34.6. The van der Waals surface area contributed by atoms with Crippen LogP contribution in [0.3, 0.4) is 0 Å². The number of esters is 3. The van der Waals surface area contributed by atoms with Gasteiger partial charge in [0.05, 0.1) is 0 Å². The number of rotatable bonds is 40. The lowest BCUT2D eigenvalue weighted by Crippen LogP contribution is -2.30. The molecule has 1 unspecified atom stereocenters. The highest BCUT2D eigenvalue weighted by Crippen LogP contribution is 2.17. The average Bonchev–Trinajstić information content (AvgIpc) is 3.13. The minimum absolute atomic E-state index is 0.0649. The molecule has 0 aliphatic rings. The topological polar surface area (TPSA) is 78.9 Å². The van der Waals surface area contributed by atoms with E-state index in [1.54, 1.807) is 0 Å². The number of unbranched alkanes of at least 4 members (excludes halogenated alkanes) is 26. The van der Waals surface area contributed by atoms with Gasteiger partial charge in [0.15, 0.2) is 6.10 Å². The molecule has 6 heteroatoms. The van der Waals surface area contributed by atoms with E-state index in [4.69, 9.17) is 14.2 Å². The van der Waals surface area contributed by atoms with Crippen molar-refractivity contribution in [2.24, 2.45) is 5.92 Å². The maximum atomic E-state index is 12.7. The van der Waals surface area contributed by atoms with E-state index in [0.29, 0.717) is 19.3 Å². The van der Waals surface area contributed by atoms with Gasteiger partial charge in [0.2, 0.25) is 0 Å². The SMILES string of the molecule is CCCCCCCCCCCCCCCCC(=O)OC[C@H](COC(=O)CCCCCCC)OC(=O)CCCCCCCCCCCCC(C)CC. The third-order valence-corrected chi connectivity index (χ3v) is 10.4. The highest BCUT2D eigenvalue weighted by molar-refractivity contribution is 5.71. The van der Waals surface area contributed by atoms with Crippen LogP contribution in [0.5, 0.6) is 0 Å². The molecule has 0 saturated carbocycles. The van der Waals surface area contributed by atoms with E-state index in [2.05, 4.69) is 27.7 Å². The highest BCUT2D eigenvalue weighted by Gasteiger charge is 2.19. The van der Waals surface area contributed by atoms with Gasteiger partial charge in [0.25, 0.3) is 0 Å². The van der Waals surface area contributed by atoms with Gasteiger partial charge in [-0.05, 0) is 25.2 Å². The molecule has 0 amide bonds. The van der Waals surface area contributed by atoms with Crippen LogP contribution in [-0.4, -0.2) is 37.2 Å². The predicted molar refractivity (Wildman–Crippen MR) is 215 cm³/mol. The summed E-state index contributed by atoms with van der Waals surface area (Å²) in [5, 5.41) is 0. The molecule has 0 aromatic carbocycles. The summed E-state index contributed by atoms with van der Waals surface area (Å²) in [5.41, 5.74) is 0. The number of hydrogen-bond acceptors (Lipinski definition) is 6. The van der Waals surface area contributed by atoms with Crippen LogP contribution in [0.1, 0.15) is 246 Å². The Hall–Kier alpha value is -1.59. The molecule has 0 radical (unpaired) electrons. The van der Waals surface area contributed by atoms with Crippen molar-refractivity contribution < 1.29 is 28.6 Å². The first-order chi connectivity index (χ1) is 24.9. The van der Waals surface area contributed by atoms with E-state index in [-0.39, 0.29) is 31.1 Å². The second kappa shape index (κ2) is 39.6. The standard InChI is InChI=1S/C45H86O6/c1-5-8-10-12-13-14-15-16-17-18-22-25-29-33-37-44(47)50-40-42(39-49-43(46)36-32-27-11-9-6-2)51-45(48)38-34-30-26-23-20-19-21-24-28-31-35-41(4)7-3/h41-42H,5-40H2,1-4H3/t41?,42-/m0/s1. The molecule has 0 heterocycles. The zero-order chi connectivity index (χ0) is 37.5. The summed E-state index contributed by atoms with van der Waals surface area (Å²) in [7, 11) is 0. The third-order valence-electron chi connectivity index (χ3n) is 10.4. The second-order valence-corrected chi connectivity index (χ2v) is 15.6. The number of hydrogen-bond donors (Lipinski definition) is 0. The number of carbonyl (C=O) groups excluding carboxylic acids is 3. The molecule has 0 fully saturated rings. The van der Waals surface area contributed by atoms with Crippen molar-refractivity contribution in [1.29, 1.82) is 0 Å². The summed E-state index contributed by atoms with van der Waals surface area (Å²) in [5.74, 6) is -0.00147. The lowest BCUT2D eigenvalue weighted by Gasteiger charge is -2.18.